The predicted octanol–water partition coefficient (Wildman–Crippen LogP) is 2.22. The smallest absolute Gasteiger partial charge is 0.329 e. The van der Waals surface area contributed by atoms with Crippen molar-refractivity contribution >= 4 is 11.3 Å². The van der Waals surface area contributed by atoms with Crippen LogP contribution in [-0.4, -0.2) is 12.7 Å². The highest BCUT2D eigenvalue weighted by Gasteiger charge is 2.40. The maximum atomic E-state index is 12.4. The first-order valence-electron chi connectivity index (χ1n) is 3.75. The Kier molecular flexibility index (Phi) is 3.13. The molecule has 1 aromatic heterocycles. The lowest BCUT2D eigenvalue weighted by Crippen LogP contribution is -2.27. The maximum Gasteiger partial charge on any atom is 0.397 e. The highest BCUT2D eigenvalue weighted by Crippen LogP contribution is 2.37. The second-order valence-electron chi connectivity index (χ2n) is 2.64. The fourth-order valence-corrected chi connectivity index (χ4v) is 1.96. The molecular formula is C8H7F3N2S. The molecule has 2 N–H and O–H groups in total. The van der Waals surface area contributed by atoms with E-state index < -0.39 is 18.6 Å². The first kappa shape index (κ1) is 11.0. The van der Waals surface area contributed by atoms with Gasteiger partial charge in [0.25, 0.3) is 0 Å². The van der Waals surface area contributed by atoms with Crippen molar-refractivity contribution in [1.29, 1.82) is 5.26 Å². The van der Waals surface area contributed by atoms with E-state index in [9.17, 15) is 13.2 Å². The van der Waals surface area contributed by atoms with Crippen LogP contribution in [0.3, 0.4) is 0 Å². The van der Waals surface area contributed by atoms with E-state index in [0.29, 0.717) is 0 Å². The largest absolute Gasteiger partial charge is 0.397 e. The molecule has 6 heteroatoms. The Morgan fingerprint density at radius 2 is 2.14 bits per heavy atom. The van der Waals surface area contributed by atoms with E-state index in [2.05, 4.69) is 0 Å². The third kappa shape index (κ3) is 2.25. The number of halogens is 3. The number of alkyl halides is 3. The lowest BCUT2D eigenvalue weighted by molar-refractivity contribution is -0.147. The molecule has 0 amide bonds. The van der Waals surface area contributed by atoms with Gasteiger partial charge in [-0.05, 0) is 12.1 Å². The molecule has 0 fully saturated rings. The zero-order valence-corrected chi connectivity index (χ0v) is 7.82. The maximum absolute atomic E-state index is 12.4. The van der Waals surface area contributed by atoms with Crippen molar-refractivity contribution in [3.05, 3.63) is 21.9 Å². The van der Waals surface area contributed by atoms with Gasteiger partial charge in [-0.15, -0.1) is 11.3 Å². The molecule has 0 bridgehead atoms. The molecule has 0 aliphatic carbocycles. The zero-order chi connectivity index (χ0) is 10.8. The molecule has 0 aromatic carbocycles. The van der Waals surface area contributed by atoms with Crippen molar-refractivity contribution in [3.63, 3.8) is 0 Å². The Balaban J connectivity index is 2.97. The average molecular weight is 220 g/mol. The van der Waals surface area contributed by atoms with Gasteiger partial charge in [-0.1, -0.05) is 0 Å². The van der Waals surface area contributed by atoms with Crippen LogP contribution in [-0.2, 0) is 0 Å². The van der Waals surface area contributed by atoms with E-state index in [4.69, 9.17) is 11.0 Å². The summed E-state index contributed by atoms with van der Waals surface area (Å²) in [6.45, 7) is -0.491. The zero-order valence-electron chi connectivity index (χ0n) is 7.01. The van der Waals surface area contributed by atoms with Gasteiger partial charge in [-0.25, -0.2) is 0 Å². The fourth-order valence-electron chi connectivity index (χ4n) is 1.01. The minimum absolute atomic E-state index is 0.0940. The summed E-state index contributed by atoms with van der Waals surface area (Å²) in [6.07, 6.45) is -4.34. The Hall–Kier alpha value is -1.06. The van der Waals surface area contributed by atoms with Crippen molar-refractivity contribution in [1.82, 2.24) is 0 Å². The van der Waals surface area contributed by atoms with Crippen LogP contribution in [0.25, 0.3) is 0 Å². The molecule has 14 heavy (non-hydrogen) atoms. The summed E-state index contributed by atoms with van der Waals surface area (Å²) in [4.78, 5) is 0.360. The Labute approximate surface area is 82.8 Å². The molecule has 1 aromatic rings. The molecule has 2 nitrogen and oxygen atoms in total. The van der Waals surface area contributed by atoms with Gasteiger partial charge in [-0.2, -0.15) is 18.4 Å². The van der Waals surface area contributed by atoms with E-state index in [0.717, 1.165) is 11.3 Å². The van der Waals surface area contributed by atoms with Gasteiger partial charge in [0.15, 0.2) is 0 Å². The number of nitrogens with zero attached hydrogens (tertiary/aromatic N) is 1. The van der Waals surface area contributed by atoms with Gasteiger partial charge < -0.3 is 5.73 Å². The number of nitrogens with two attached hydrogens (primary N) is 1. The molecule has 1 rings (SSSR count). The number of nitriles is 1. The third-order valence-corrected chi connectivity index (χ3v) is 2.81. The number of rotatable bonds is 2. The van der Waals surface area contributed by atoms with Crippen molar-refractivity contribution in [2.24, 2.45) is 5.73 Å². The summed E-state index contributed by atoms with van der Waals surface area (Å²) < 4.78 is 37.1. The molecule has 0 saturated heterocycles. The number of thiophene rings is 1. The second kappa shape index (κ2) is 3.98. The summed E-state index contributed by atoms with van der Waals surface area (Å²) in [5.74, 6) is -1.66. The van der Waals surface area contributed by atoms with Gasteiger partial charge >= 0.3 is 6.18 Å². The van der Waals surface area contributed by atoms with E-state index in [1.54, 1.807) is 6.07 Å². The standard InChI is InChI=1S/C8H7F3N2S/c9-8(10,11)6(4-13)7-2-1-5(3-12)14-7/h1-2,6H,4,13H2. The average Bonchev–Trinajstić information content (AvgIpc) is 2.51. The predicted molar refractivity (Wildman–Crippen MR) is 46.9 cm³/mol. The number of hydrogen-bond acceptors (Lipinski definition) is 3. The van der Waals surface area contributed by atoms with Crippen molar-refractivity contribution in [2.45, 2.75) is 12.1 Å². The van der Waals surface area contributed by atoms with Crippen LogP contribution in [0.4, 0.5) is 13.2 Å². The molecule has 0 radical (unpaired) electrons. The lowest BCUT2D eigenvalue weighted by Gasteiger charge is -2.16. The Morgan fingerprint density at radius 1 is 1.50 bits per heavy atom. The molecule has 76 valence electrons. The summed E-state index contributed by atoms with van der Waals surface area (Å²) >= 11 is 0.831. The monoisotopic (exact) mass is 220 g/mol. The quantitative estimate of drug-likeness (QED) is 0.830. The van der Waals surface area contributed by atoms with Crippen LogP contribution >= 0.6 is 11.3 Å². The normalized spacial score (nSPS) is 13.6. The summed E-state index contributed by atoms with van der Waals surface area (Å²) in [5.41, 5.74) is 5.05. The van der Waals surface area contributed by atoms with Crippen LogP contribution in [0.1, 0.15) is 15.7 Å². The minimum atomic E-state index is -4.34. The van der Waals surface area contributed by atoms with Gasteiger partial charge in [0.2, 0.25) is 0 Å². The fraction of sp³-hybridized carbons (Fsp3) is 0.375. The Bertz CT molecular complexity index is 350. The Morgan fingerprint density at radius 3 is 2.50 bits per heavy atom. The van der Waals surface area contributed by atoms with Crippen LogP contribution < -0.4 is 5.73 Å². The minimum Gasteiger partial charge on any atom is -0.329 e. The molecule has 0 aliphatic rings. The molecule has 0 spiro atoms. The molecule has 1 heterocycles. The topological polar surface area (TPSA) is 49.8 Å². The summed E-state index contributed by atoms with van der Waals surface area (Å²) in [6, 6.07) is 4.46. The van der Waals surface area contributed by atoms with E-state index >= 15 is 0 Å². The van der Waals surface area contributed by atoms with E-state index in [1.165, 1.54) is 12.1 Å². The first-order valence-corrected chi connectivity index (χ1v) is 4.57. The van der Waals surface area contributed by atoms with Crippen molar-refractivity contribution in [3.8, 4) is 6.07 Å². The van der Waals surface area contributed by atoms with E-state index in [-0.39, 0.29) is 9.75 Å². The molecule has 0 saturated carbocycles. The highest BCUT2D eigenvalue weighted by atomic mass is 32.1. The van der Waals surface area contributed by atoms with Gasteiger partial charge in [-0.3, -0.25) is 0 Å². The van der Waals surface area contributed by atoms with Gasteiger partial charge in [0, 0.05) is 11.4 Å². The number of hydrogen-bond donors (Lipinski definition) is 1. The summed E-state index contributed by atoms with van der Waals surface area (Å²) in [7, 11) is 0. The molecular weight excluding hydrogens is 213 g/mol. The van der Waals surface area contributed by atoms with E-state index in [1.807, 2.05) is 0 Å². The highest BCUT2D eigenvalue weighted by molar-refractivity contribution is 7.12. The molecule has 1 unspecified atom stereocenters. The second-order valence-corrected chi connectivity index (χ2v) is 3.76. The van der Waals surface area contributed by atoms with Crippen molar-refractivity contribution < 1.29 is 13.2 Å². The molecule has 0 aliphatic heterocycles. The van der Waals surface area contributed by atoms with Gasteiger partial charge in [0.05, 0.1) is 0 Å². The molecule has 1 atom stereocenters. The third-order valence-electron chi connectivity index (χ3n) is 1.71. The van der Waals surface area contributed by atoms with Crippen LogP contribution in [0.5, 0.6) is 0 Å². The van der Waals surface area contributed by atoms with Gasteiger partial charge in [0.1, 0.15) is 16.9 Å². The van der Waals surface area contributed by atoms with Crippen LogP contribution in [0.15, 0.2) is 12.1 Å². The SMILES string of the molecule is N#Cc1ccc(C(CN)C(F)(F)F)s1. The van der Waals surface area contributed by atoms with Crippen molar-refractivity contribution in [2.75, 3.05) is 6.54 Å². The first-order chi connectivity index (χ1) is 6.49. The summed E-state index contributed by atoms with van der Waals surface area (Å²) in [5, 5.41) is 8.46. The van der Waals surface area contributed by atoms with Crippen LogP contribution in [0.2, 0.25) is 0 Å². The van der Waals surface area contributed by atoms with Crippen LogP contribution in [0, 0.1) is 11.3 Å². The lowest BCUT2D eigenvalue weighted by atomic mass is 10.1.